The van der Waals surface area contributed by atoms with Crippen molar-refractivity contribution in [3.8, 4) is 6.07 Å². The summed E-state index contributed by atoms with van der Waals surface area (Å²) in [5, 5.41) is 8.99. The first-order valence-corrected chi connectivity index (χ1v) is 10.1. The maximum atomic E-state index is 14.5. The van der Waals surface area contributed by atoms with Crippen LogP contribution < -0.4 is 0 Å². The second kappa shape index (κ2) is 8.81. The van der Waals surface area contributed by atoms with Crippen molar-refractivity contribution >= 4 is 22.7 Å². The molecule has 2 aliphatic rings. The predicted octanol–water partition coefficient (Wildman–Crippen LogP) is 4.04. The smallest absolute Gasteiger partial charge is 0.186 e. The maximum Gasteiger partial charge on any atom is 0.186 e. The number of hydrogen-bond donors (Lipinski definition) is 0. The molecular formula is C21H23FN2O2S. The highest BCUT2D eigenvalue weighted by Gasteiger charge is 2.41. The van der Waals surface area contributed by atoms with Gasteiger partial charge in [0.1, 0.15) is 5.82 Å². The van der Waals surface area contributed by atoms with E-state index in [4.69, 9.17) is 5.26 Å². The first-order chi connectivity index (χ1) is 13.0. The molecule has 142 valence electrons. The number of piperidine rings is 1. The van der Waals surface area contributed by atoms with E-state index < -0.39 is 6.04 Å². The van der Waals surface area contributed by atoms with Crippen molar-refractivity contribution < 1.29 is 14.0 Å². The summed E-state index contributed by atoms with van der Waals surface area (Å²) in [4.78, 5) is 26.6. The highest BCUT2D eigenvalue weighted by Crippen LogP contribution is 2.40. The topological polar surface area (TPSA) is 61.2 Å². The number of thioether (sulfide) groups is 1. The number of ketones is 1. The minimum Gasteiger partial charge on any atom is -0.297 e. The van der Waals surface area contributed by atoms with Crippen LogP contribution in [0.3, 0.4) is 0 Å². The number of rotatable bonds is 6. The second-order valence-corrected chi connectivity index (χ2v) is 8.48. The van der Waals surface area contributed by atoms with E-state index >= 15 is 0 Å². The van der Waals surface area contributed by atoms with Crippen molar-refractivity contribution in [2.24, 2.45) is 5.92 Å². The summed E-state index contributed by atoms with van der Waals surface area (Å²) >= 11 is 1.27. The number of halogens is 1. The van der Waals surface area contributed by atoms with Gasteiger partial charge >= 0.3 is 0 Å². The number of nitriles is 1. The quantitative estimate of drug-likeness (QED) is 0.691. The van der Waals surface area contributed by atoms with E-state index in [2.05, 4.69) is 6.07 Å². The van der Waals surface area contributed by atoms with Crippen LogP contribution in [0.4, 0.5) is 4.39 Å². The largest absolute Gasteiger partial charge is 0.297 e. The maximum absolute atomic E-state index is 14.5. The standard InChI is InChI=1S/C21H23FN2O2S/c1-14(25)27-19-10-12-24(13-16(19)5-4-11-23)20(21(26)15-8-9-15)17-6-2-3-7-18(17)22/h2-3,5-7,15,19-20H,4,8-10,12-13H2,1H3. The van der Waals surface area contributed by atoms with Gasteiger partial charge in [-0.25, -0.2) is 4.39 Å². The Hall–Kier alpha value is -1.97. The average Bonchev–Trinajstić information content (AvgIpc) is 3.48. The molecule has 3 rings (SSSR count). The fourth-order valence-electron chi connectivity index (χ4n) is 3.63. The molecule has 0 radical (unpaired) electrons. The SMILES string of the molecule is CC(=O)SC1CCN(C(C(=O)C2CC2)c2ccccc2F)CC1=CCC#N. The Kier molecular flexibility index (Phi) is 6.46. The summed E-state index contributed by atoms with van der Waals surface area (Å²) in [6, 6.07) is 7.98. The van der Waals surface area contributed by atoms with Crippen molar-refractivity contribution in [3.63, 3.8) is 0 Å². The van der Waals surface area contributed by atoms with Gasteiger partial charge in [0, 0.05) is 36.7 Å². The van der Waals surface area contributed by atoms with E-state index in [9.17, 15) is 14.0 Å². The lowest BCUT2D eigenvalue weighted by molar-refractivity contribution is -0.126. The van der Waals surface area contributed by atoms with Crippen molar-refractivity contribution in [2.75, 3.05) is 13.1 Å². The molecule has 0 N–H and O–H groups in total. The van der Waals surface area contributed by atoms with Gasteiger partial charge in [-0.1, -0.05) is 36.0 Å². The Bertz CT molecular complexity index is 798. The molecule has 1 heterocycles. The fourth-order valence-corrected chi connectivity index (χ4v) is 4.58. The molecule has 1 aromatic rings. The van der Waals surface area contributed by atoms with Crippen LogP contribution in [0.25, 0.3) is 0 Å². The molecule has 2 atom stereocenters. The molecule has 2 fully saturated rings. The molecule has 1 aliphatic carbocycles. The van der Waals surface area contributed by atoms with Crippen LogP contribution in [0.15, 0.2) is 35.9 Å². The van der Waals surface area contributed by atoms with Gasteiger partial charge in [-0.05, 0) is 30.9 Å². The summed E-state index contributed by atoms with van der Waals surface area (Å²) in [6.07, 6.45) is 4.56. The molecule has 1 aromatic carbocycles. The lowest BCUT2D eigenvalue weighted by Gasteiger charge is -2.38. The van der Waals surface area contributed by atoms with Crippen LogP contribution in [0, 0.1) is 23.1 Å². The third-order valence-corrected chi connectivity index (χ3v) is 6.21. The normalized spacial score (nSPS) is 23.0. The summed E-state index contributed by atoms with van der Waals surface area (Å²) in [7, 11) is 0. The lowest BCUT2D eigenvalue weighted by Crippen LogP contribution is -2.43. The zero-order valence-corrected chi connectivity index (χ0v) is 16.2. The summed E-state index contributed by atoms with van der Waals surface area (Å²) in [5.41, 5.74) is 1.40. The number of nitrogens with zero attached hydrogens (tertiary/aromatic N) is 2. The highest BCUT2D eigenvalue weighted by atomic mass is 32.2. The number of Topliss-reactive ketones (excluding diaryl/α,β-unsaturated/α-hetero) is 1. The Morgan fingerprint density at radius 3 is 2.74 bits per heavy atom. The fraction of sp³-hybridized carbons (Fsp3) is 0.476. The van der Waals surface area contributed by atoms with E-state index in [1.54, 1.807) is 18.2 Å². The van der Waals surface area contributed by atoms with E-state index in [0.29, 0.717) is 25.1 Å². The van der Waals surface area contributed by atoms with Crippen LogP contribution in [0.5, 0.6) is 0 Å². The molecule has 1 saturated carbocycles. The van der Waals surface area contributed by atoms with Gasteiger partial charge < -0.3 is 0 Å². The molecule has 0 amide bonds. The molecule has 0 spiro atoms. The lowest BCUT2D eigenvalue weighted by atomic mass is 9.93. The van der Waals surface area contributed by atoms with Gasteiger partial charge in [-0.2, -0.15) is 5.26 Å². The van der Waals surface area contributed by atoms with E-state index in [-0.39, 0.29) is 34.3 Å². The first-order valence-electron chi connectivity index (χ1n) is 9.26. The van der Waals surface area contributed by atoms with Gasteiger partial charge in [-0.3, -0.25) is 14.5 Å². The summed E-state index contributed by atoms with van der Waals surface area (Å²) in [6.45, 7) is 2.63. The van der Waals surface area contributed by atoms with Crippen molar-refractivity contribution in [2.45, 2.75) is 43.9 Å². The van der Waals surface area contributed by atoms with Crippen LogP contribution >= 0.6 is 11.8 Å². The minimum absolute atomic E-state index is 0.0180. The van der Waals surface area contributed by atoms with Crippen LogP contribution in [0.2, 0.25) is 0 Å². The number of allylic oxidation sites excluding steroid dienone is 1. The van der Waals surface area contributed by atoms with Gasteiger partial charge in [0.2, 0.25) is 0 Å². The number of hydrogen-bond acceptors (Lipinski definition) is 5. The van der Waals surface area contributed by atoms with Gasteiger partial charge in [0.25, 0.3) is 0 Å². The van der Waals surface area contributed by atoms with Crippen LogP contribution in [-0.4, -0.2) is 34.1 Å². The Morgan fingerprint density at radius 2 is 2.11 bits per heavy atom. The molecule has 0 bridgehead atoms. The van der Waals surface area contributed by atoms with Crippen LogP contribution in [0.1, 0.15) is 44.2 Å². The van der Waals surface area contributed by atoms with E-state index in [1.165, 1.54) is 24.8 Å². The van der Waals surface area contributed by atoms with Crippen LogP contribution in [-0.2, 0) is 9.59 Å². The van der Waals surface area contributed by atoms with Gasteiger partial charge in [0.05, 0.1) is 18.5 Å². The average molecular weight is 386 g/mol. The second-order valence-electron chi connectivity index (χ2n) is 7.10. The molecule has 1 saturated heterocycles. The number of likely N-dealkylation sites (tertiary alicyclic amines) is 1. The predicted molar refractivity (Wildman–Crippen MR) is 103 cm³/mol. The number of carbonyl (C=O) groups excluding carboxylic acids is 2. The Labute approximate surface area is 163 Å². The summed E-state index contributed by atoms with van der Waals surface area (Å²) in [5.74, 6) is -0.262. The Balaban J connectivity index is 1.89. The monoisotopic (exact) mass is 386 g/mol. The molecule has 0 aromatic heterocycles. The molecule has 6 heteroatoms. The molecule has 1 aliphatic heterocycles. The third-order valence-electron chi connectivity index (χ3n) is 5.06. The van der Waals surface area contributed by atoms with E-state index in [1.807, 2.05) is 11.0 Å². The number of carbonyl (C=O) groups is 2. The number of benzene rings is 1. The van der Waals surface area contributed by atoms with E-state index in [0.717, 1.165) is 18.4 Å². The Morgan fingerprint density at radius 1 is 1.37 bits per heavy atom. The molecule has 4 nitrogen and oxygen atoms in total. The summed E-state index contributed by atoms with van der Waals surface area (Å²) < 4.78 is 14.5. The zero-order chi connectivity index (χ0) is 19.4. The van der Waals surface area contributed by atoms with Crippen molar-refractivity contribution in [3.05, 3.63) is 47.3 Å². The first kappa shape index (κ1) is 19.8. The molecule has 2 unspecified atom stereocenters. The molecule has 27 heavy (non-hydrogen) atoms. The zero-order valence-electron chi connectivity index (χ0n) is 15.4. The van der Waals surface area contributed by atoms with Crippen molar-refractivity contribution in [1.82, 2.24) is 4.90 Å². The molecular weight excluding hydrogens is 363 g/mol. The highest BCUT2D eigenvalue weighted by molar-refractivity contribution is 8.14. The van der Waals surface area contributed by atoms with Gasteiger partial charge in [-0.15, -0.1) is 0 Å². The third kappa shape index (κ3) is 4.85. The van der Waals surface area contributed by atoms with Crippen molar-refractivity contribution in [1.29, 1.82) is 5.26 Å². The minimum atomic E-state index is -0.604. The van der Waals surface area contributed by atoms with Gasteiger partial charge in [0.15, 0.2) is 10.9 Å².